The largest absolute Gasteiger partial charge is 0.469 e. The summed E-state index contributed by atoms with van der Waals surface area (Å²) in [6.07, 6.45) is 2.67. The minimum absolute atomic E-state index is 0.104. The van der Waals surface area contributed by atoms with Crippen molar-refractivity contribution in [1.82, 2.24) is 4.98 Å². The van der Waals surface area contributed by atoms with Gasteiger partial charge < -0.3 is 15.8 Å². The van der Waals surface area contributed by atoms with Gasteiger partial charge in [0.05, 0.1) is 25.3 Å². The van der Waals surface area contributed by atoms with Crippen molar-refractivity contribution in [3.05, 3.63) is 35.2 Å². The number of hydrogen-bond donors (Lipinski definition) is 2. The molecule has 2 aromatic rings. The number of nitrogens with one attached hydrogen (secondary N) is 1. The number of carbonyl (C=O) groups excluding carboxylic acids is 2. The van der Waals surface area contributed by atoms with E-state index in [1.54, 1.807) is 11.8 Å². The maximum Gasteiger partial charge on any atom is 0.310 e. The molecule has 0 saturated carbocycles. The third-order valence-corrected chi connectivity index (χ3v) is 5.09. The number of thioether (sulfide) groups is 1. The van der Waals surface area contributed by atoms with Crippen LogP contribution in [0.3, 0.4) is 0 Å². The van der Waals surface area contributed by atoms with Gasteiger partial charge in [-0.05, 0) is 18.4 Å². The summed E-state index contributed by atoms with van der Waals surface area (Å²) < 4.78 is 4.75. The van der Waals surface area contributed by atoms with E-state index in [4.69, 9.17) is 10.5 Å². The normalized spacial score (nSPS) is 11.8. The van der Waals surface area contributed by atoms with Gasteiger partial charge in [-0.1, -0.05) is 30.3 Å². The Morgan fingerprint density at radius 1 is 1.36 bits per heavy atom. The van der Waals surface area contributed by atoms with Crippen molar-refractivity contribution < 1.29 is 14.3 Å². The van der Waals surface area contributed by atoms with Gasteiger partial charge in [-0.25, -0.2) is 4.98 Å². The van der Waals surface area contributed by atoms with Gasteiger partial charge in [0.1, 0.15) is 0 Å². The lowest BCUT2D eigenvalue weighted by molar-refractivity contribution is -0.139. The Hall–Kier alpha value is -1.90. The molecule has 0 spiro atoms. The Bertz CT molecular complexity index is 719. The Morgan fingerprint density at radius 3 is 2.72 bits per heavy atom. The minimum atomic E-state index is -0.583. The number of benzene rings is 1. The quantitative estimate of drug-likeness (QED) is 0.685. The summed E-state index contributed by atoms with van der Waals surface area (Å²) in [6, 6.07) is 8.93. The topological polar surface area (TPSA) is 94.3 Å². The smallest absolute Gasteiger partial charge is 0.310 e. The molecule has 8 heteroatoms. The van der Waals surface area contributed by atoms with Crippen LogP contribution in [0.2, 0.25) is 0 Å². The molecule has 0 aliphatic heterocycles. The first-order valence-electron chi connectivity index (χ1n) is 7.72. The van der Waals surface area contributed by atoms with Gasteiger partial charge in [0, 0.05) is 10.4 Å². The SMILES string of the molecule is COC(=O)Cc1sc(NC(=O)[C@@H](N)CCSC)nc1-c1ccccc1. The summed E-state index contributed by atoms with van der Waals surface area (Å²) >= 11 is 2.91. The van der Waals surface area contributed by atoms with Crippen molar-refractivity contribution in [3.63, 3.8) is 0 Å². The van der Waals surface area contributed by atoms with Crippen LogP contribution in [-0.2, 0) is 20.7 Å². The zero-order valence-electron chi connectivity index (χ0n) is 14.2. The van der Waals surface area contributed by atoms with E-state index in [9.17, 15) is 9.59 Å². The van der Waals surface area contributed by atoms with Crippen molar-refractivity contribution in [2.45, 2.75) is 18.9 Å². The van der Waals surface area contributed by atoms with Crippen molar-refractivity contribution >= 4 is 40.1 Å². The summed E-state index contributed by atoms with van der Waals surface area (Å²) in [7, 11) is 1.35. The molecule has 0 saturated heterocycles. The average molecular weight is 380 g/mol. The Kier molecular flexibility index (Phi) is 7.42. The number of aromatic nitrogens is 1. The van der Waals surface area contributed by atoms with Crippen molar-refractivity contribution in [2.24, 2.45) is 5.73 Å². The summed E-state index contributed by atoms with van der Waals surface area (Å²) in [5.41, 5.74) is 7.44. The number of thiazole rings is 1. The predicted molar refractivity (Wildman–Crippen MR) is 103 cm³/mol. The second-order valence-corrected chi connectivity index (χ2v) is 7.36. The second kappa shape index (κ2) is 9.55. The monoisotopic (exact) mass is 379 g/mol. The molecule has 134 valence electrons. The number of rotatable bonds is 8. The molecular formula is C17H21N3O3S2. The summed E-state index contributed by atoms with van der Waals surface area (Å²) in [4.78, 5) is 29.1. The highest BCUT2D eigenvalue weighted by molar-refractivity contribution is 7.98. The maximum absolute atomic E-state index is 12.2. The average Bonchev–Trinajstić information content (AvgIpc) is 3.02. The Labute approximate surface area is 155 Å². The molecule has 0 radical (unpaired) electrons. The van der Waals surface area contributed by atoms with E-state index in [1.165, 1.54) is 18.4 Å². The van der Waals surface area contributed by atoms with Gasteiger partial charge in [-0.2, -0.15) is 11.8 Å². The van der Waals surface area contributed by atoms with Crippen LogP contribution in [0.5, 0.6) is 0 Å². The molecule has 0 fully saturated rings. The number of anilines is 1. The van der Waals surface area contributed by atoms with E-state index in [0.29, 0.717) is 17.2 Å². The molecule has 1 atom stereocenters. The van der Waals surface area contributed by atoms with Gasteiger partial charge in [0.25, 0.3) is 0 Å². The van der Waals surface area contributed by atoms with Crippen LogP contribution in [0.25, 0.3) is 11.3 Å². The van der Waals surface area contributed by atoms with Crippen LogP contribution in [0, 0.1) is 0 Å². The van der Waals surface area contributed by atoms with Gasteiger partial charge in [0.15, 0.2) is 5.13 Å². The first-order valence-corrected chi connectivity index (χ1v) is 9.93. The van der Waals surface area contributed by atoms with E-state index in [-0.39, 0.29) is 18.3 Å². The molecule has 0 unspecified atom stereocenters. The van der Waals surface area contributed by atoms with Crippen molar-refractivity contribution in [1.29, 1.82) is 0 Å². The molecule has 2 rings (SSSR count). The van der Waals surface area contributed by atoms with Crippen LogP contribution in [-0.4, -0.2) is 42.0 Å². The summed E-state index contributed by atoms with van der Waals surface area (Å²) in [6.45, 7) is 0. The van der Waals surface area contributed by atoms with Crippen LogP contribution in [0.4, 0.5) is 5.13 Å². The minimum Gasteiger partial charge on any atom is -0.469 e. The van der Waals surface area contributed by atoms with Crippen LogP contribution in [0.15, 0.2) is 30.3 Å². The summed E-state index contributed by atoms with van der Waals surface area (Å²) in [5.74, 6) is 0.192. The highest BCUT2D eigenvalue weighted by atomic mass is 32.2. The van der Waals surface area contributed by atoms with Crippen LogP contribution < -0.4 is 11.1 Å². The third-order valence-electron chi connectivity index (χ3n) is 3.48. The first-order chi connectivity index (χ1) is 12.0. The first kappa shape index (κ1) is 19.4. The molecular weight excluding hydrogens is 358 g/mol. The number of amides is 1. The van der Waals surface area contributed by atoms with Crippen molar-refractivity contribution in [2.75, 3.05) is 24.4 Å². The lowest BCUT2D eigenvalue weighted by Crippen LogP contribution is -2.36. The number of nitrogens with zero attached hydrogens (tertiary/aromatic N) is 1. The number of methoxy groups -OCH3 is 1. The van der Waals surface area contributed by atoms with E-state index in [0.717, 1.165) is 16.2 Å². The molecule has 0 aliphatic carbocycles. The van der Waals surface area contributed by atoms with E-state index in [1.807, 2.05) is 36.6 Å². The lowest BCUT2D eigenvalue weighted by Gasteiger charge is -2.09. The van der Waals surface area contributed by atoms with Crippen LogP contribution in [0.1, 0.15) is 11.3 Å². The fraction of sp³-hybridized carbons (Fsp3) is 0.353. The van der Waals surface area contributed by atoms with Gasteiger partial charge in [-0.3, -0.25) is 9.59 Å². The molecule has 1 heterocycles. The summed E-state index contributed by atoms with van der Waals surface area (Å²) in [5, 5.41) is 3.19. The molecule has 6 nitrogen and oxygen atoms in total. The molecule has 25 heavy (non-hydrogen) atoms. The Balaban J connectivity index is 2.22. The predicted octanol–water partition coefficient (Wildman–Crippen LogP) is 2.54. The van der Waals surface area contributed by atoms with E-state index >= 15 is 0 Å². The molecule has 1 aromatic heterocycles. The number of nitrogens with two attached hydrogens (primary N) is 1. The number of ether oxygens (including phenoxy) is 1. The van der Waals surface area contributed by atoms with Crippen LogP contribution >= 0.6 is 23.1 Å². The molecule has 0 bridgehead atoms. The Morgan fingerprint density at radius 2 is 2.08 bits per heavy atom. The molecule has 1 aromatic carbocycles. The second-order valence-electron chi connectivity index (χ2n) is 5.29. The van der Waals surface area contributed by atoms with E-state index in [2.05, 4.69) is 10.3 Å². The number of hydrogen-bond acceptors (Lipinski definition) is 7. The zero-order chi connectivity index (χ0) is 18.2. The zero-order valence-corrected chi connectivity index (χ0v) is 15.8. The molecule has 0 aliphatic rings. The van der Waals surface area contributed by atoms with E-state index < -0.39 is 6.04 Å². The van der Waals surface area contributed by atoms with Gasteiger partial charge in [-0.15, -0.1) is 11.3 Å². The maximum atomic E-state index is 12.2. The number of carbonyl (C=O) groups is 2. The van der Waals surface area contributed by atoms with Gasteiger partial charge in [0.2, 0.25) is 5.91 Å². The lowest BCUT2D eigenvalue weighted by atomic mass is 10.1. The molecule has 3 N–H and O–H groups in total. The highest BCUT2D eigenvalue weighted by Crippen LogP contribution is 2.31. The standard InChI is InChI=1S/C17H21N3O3S2/c1-23-14(21)10-13-15(11-6-4-3-5-7-11)19-17(25-13)20-16(22)12(18)8-9-24-2/h3-7,12H,8-10,18H2,1-2H3,(H,19,20,22)/t12-/m0/s1. The highest BCUT2D eigenvalue weighted by Gasteiger charge is 2.19. The van der Waals surface area contributed by atoms with Gasteiger partial charge >= 0.3 is 5.97 Å². The van der Waals surface area contributed by atoms with Crippen molar-refractivity contribution in [3.8, 4) is 11.3 Å². The third kappa shape index (κ3) is 5.55. The number of esters is 1. The fourth-order valence-electron chi connectivity index (χ4n) is 2.12. The fourth-order valence-corrected chi connectivity index (χ4v) is 3.59. The molecule has 1 amide bonds.